The number of anilines is 1. The van der Waals surface area contributed by atoms with E-state index in [1.165, 1.54) is 0 Å². The maximum absolute atomic E-state index is 13.4. The highest BCUT2D eigenvalue weighted by Gasteiger charge is 2.36. The first-order valence-corrected chi connectivity index (χ1v) is 11.3. The maximum Gasteiger partial charge on any atom is 0.231 e. The van der Waals surface area contributed by atoms with Crippen molar-refractivity contribution in [3.63, 3.8) is 0 Å². The SMILES string of the molecule is COc1ccc(C(NC(=O)C2CC(=O)N(c3ccc4c(c3)OCO4)C2)c2ccc(OC)cc2)cc1. The summed E-state index contributed by atoms with van der Waals surface area (Å²) in [7, 11) is 3.22. The summed E-state index contributed by atoms with van der Waals surface area (Å²) in [5, 5.41) is 3.16. The van der Waals surface area contributed by atoms with Gasteiger partial charge in [0, 0.05) is 24.7 Å². The third-order valence-electron chi connectivity index (χ3n) is 6.35. The lowest BCUT2D eigenvalue weighted by Crippen LogP contribution is -2.36. The van der Waals surface area contributed by atoms with Gasteiger partial charge in [0.25, 0.3) is 0 Å². The summed E-state index contributed by atoms with van der Waals surface area (Å²) >= 11 is 0. The zero-order valence-corrected chi connectivity index (χ0v) is 19.5. The normalized spacial score (nSPS) is 16.5. The van der Waals surface area contributed by atoms with Crippen LogP contribution in [0, 0.1) is 5.92 Å². The Balaban J connectivity index is 1.35. The third kappa shape index (κ3) is 4.59. The number of rotatable bonds is 7. The summed E-state index contributed by atoms with van der Waals surface area (Å²) < 4.78 is 21.3. The Morgan fingerprint density at radius 1 is 0.914 bits per heavy atom. The monoisotopic (exact) mass is 474 g/mol. The fourth-order valence-electron chi connectivity index (χ4n) is 4.40. The minimum atomic E-state index is -0.480. The van der Waals surface area contributed by atoms with Crippen molar-refractivity contribution < 1.29 is 28.5 Å². The molecule has 0 spiro atoms. The van der Waals surface area contributed by atoms with Gasteiger partial charge in [0.1, 0.15) is 11.5 Å². The third-order valence-corrected chi connectivity index (χ3v) is 6.35. The van der Waals surface area contributed by atoms with Crippen LogP contribution in [0.1, 0.15) is 23.6 Å². The number of nitrogens with one attached hydrogen (secondary N) is 1. The number of hydrogen-bond acceptors (Lipinski definition) is 6. The molecular weight excluding hydrogens is 448 g/mol. The van der Waals surface area contributed by atoms with E-state index < -0.39 is 12.0 Å². The average Bonchev–Trinajstić information content (AvgIpc) is 3.53. The average molecular weight is 475 g/mol. The van der Waals surface area contributed by atoms with E-state index in [1.54, 1.807) is 31.3 Å². The van der Waals surface area contributed by atoms with Gasteiger partial charge in [-0.1, -0.05) is 24.3 Å². The molecular formula is C27H26N2O6. The van der Waals surface area contributed by atoms with Gasteiger partial charge in [0.05, 0.1) is 26.2 Å². The van der Waals surface area contributed by atoms with E-state index in [0.29, 0.717) is 23.7 Å². The molecule has 1 fully saturated rings. The summed E-state index contributed by atoms with van der Waals surface area (Å²) in [6, 6.07) is 20.1. The van der Waals surface area contributed by atoms with Crippen molar-refractivity contribution in [2.45, 2.75) is 12.5 Å². The van der Waals surface area contributed by atoms with E-state index in [0.717, 1.165) is 22.6 Å². The molecule has 0 bridgehead atoms. The zero-order chi connectivity index (χ0) is 24.4. The first-order chi connectivity index (χ1) is 17.1. The van der Waals surface area contributed by atoms with Crippen LogP contribution in [0.25, 0.3) is 0 Å². The Labute approximate surface area is 203 Å². The van der Waals surface area contributed by atoms with Gasteiger partial charge < -0.3 is 29.2 Å². The molecule has 2 heterocycles. The largest absolute Gasteiger partial charge is 0.497 e. The lowest BCUT2D eigenvalue weighted by atomic mass is 9.97. The summed E-state index contributed by atoms with van der Waals surface area (Å²) in [6.07, 6.45) is 0.137. The van der Waals surface area contributed by atoms with Gasteiger partial charge in [-0.05, 0) is 47.5 Å². The maximum atomic E-state index is 13.4. The fourth-order valence-corrected chi connectivity index (χ4v) is 4.40. The lowest BCUT2D eigenvalue weighted by molar-refractivity contribution is -0.126. The molecule has 0 aliphatic carbocycles. The van der Waals surface area contributed by atoms with Gasteiger partial charge >= 0.3 is 0 Å². The van der Waals surface area contributed by atoms with Crippen molar-refractivity contribution in [2.75, 3.05) is 32.5 Å². The first kappa shape index (κ1) is 22.6. The van der Waals surface area contributed by atoms with Gasteiger partial charge in [-0.25, -0.2) is 0 Å². The van der Waals surface area contributed by atoms with Gasteiger partial charge in [-0.3, -0.25) is 9.59 Å². The van der Waals surface area contributed by atoms with Gasteiger partial charge in [-0.2, -0.15) is 0 Å². The molecule has 0 saturated carbocycles. The first-order valence-electron chi connectivity index (χ1n) is 11.3. The molecule has 0 aromatic heterocycles. The van der Waals surface area contributed by atoms with Gasteiger partial charge in [0.15, 0.2) is 11.5 Å². The summed E-state index contributed by atoms with van der Waals surface area (Å²) in [5.41, 5.74) is 2.50. The summed E-state index contributed by atoms with van der Waals surface area (Å²) in [4.78, 5) is 27.8. The second-order valence-electron chi connectivity index (χ2n) is 8.43. The van der Waals surface area contributed by atoms with Crippen LogP contribution in [0.15, 0.2) is 66.7 Å². The van der Waals surface area contributed by atoms with Crippen molar-refractivity contribution in [1.29, 1.82) is 0 Å². The van der Waals surface area contributed by atoms with Crippen LogP contribution in [0.2, 0.25) is 0 Å². The van der Waals surface area contributed by atoms with Crippen molar-refractivity contribution in [3.05, 3.63) is 77.9 Å². The number of ether oxygens (including phenoxy) is 4. The minimum Gasteiger partial charge on any atom is -0.497 e. The zero-order valence-electron chi connectivity index (χ0n) is 19.5. The lowest BCUT2D eigenvalue weighted by Gasteiger charge is -2.23. The fraction of sp³-hybridized carbons (Fsp3) is 0.259. The van der Waals surface area contributed by atoms with Crippen molar-refractivity contribution >= 4 is 17.5 Å². The molecule has 3 aromatic rings. The number of benzene rings is 3. The van der Waals surface area contributed by atoms with Crippen LogP contribution in [-0.2, 0) is 9.59 Å². The summed E-state index contributed by atoms with van der Waals surface area (Å²) in [6.45, 7) is 0.456. The molecule has 1 N–H and O–H groups in total. The smallest absolute Gasteiger partial charge is 0.231 e. The Kier molecular flexibility index (Phi) is 6.18. The molecule has 2 amide bonds. The molecule has 0 radical (unpaired) electrons. The van der Waals surface area contributed by atoms with Crippen molar-refractivity contribution in [2.24, 2.45) is 5.92 Å². The number of nitrogens with zero attached hydrogens (tertiary/aromatic N) is 1. The minimum absolute atomic E-state index is 0.102. The highest BCUT2D eigenvalue weighted by atomic mass is 16.7. The molecule has 35 heavy (non-hydrogen) atoms. The van der Waals surface area contributed by atoms with E-state index in [2.05, 4.69) is 5.32 Å². The van der Waals surface area contributed by atoms with Crippen LogP contribution < -0.4 is 29.2 Å². The predicted molar refractivity (Wildman–Crippen MR) is 129 cm³/mol. The van der Waals surface area contributed by atoms with Crippen molar-refractivity contribution in [3.8, 4) is 23.0 Å². The van der Waals surface area contributed by atoms with Crippen LogP contribution >= 0.6 is 0 Å². The predicted octanol–water partition coefficient (Wildman–Crippen LogP) is 3.69. The molecule has 2 aliphatic heterocycles. The van der Waals surface area contributed by atoms with Crippen LogP contribution in [0.4, 0.5) is 5.69 Å². The Bertz CT molecular complexity index is 1180. The highest BCUT2D eigenvalue weighted by Crippen LogP contribution is 2.37. The van der Waals surface area contributed by atoms with E-state index in [9.17, 15) is 9.59 Å². The standard InChI is InChI=1S/C27H26N2O6/c1-32-21-8-3-17(4-9-21)26(18-5-10-22(33-2)11-6-18)28-27(31)19-13-25(30)29(15-19)20-7-12-23-24(14-20)35-16-34-23/h3-12,14,19,26H,13,15-16H2,1-2H3,(H,28,31). The van der Waals surface area contributed by atoms with Crippen LogP contribution in [0.3, 0.4) is 0 Å². The van der Waals surface area contributed by atoms with Crippen LogP contribution in [0.5, 0.6) is 23.0 Å². The second-order valence-corrected chi connectivity index (χ2v) is 8.43. The number of hydrogen-bond donors (Lipinski definition) is 1. The number of carbonyl (C=O) groups excluding carboxylic acids is 2. The molecule has 1 saturated heterocycles. The number of amides is 2. The van der Waals surface area contributed by atoms with Gasteiger partial charge in [0.2, 0.25) is 18.6 Å². The molecule has 3 aromatic carbocycles. The Morgan fingerprint density at radius 2 is 1.51 bits per heavy atom. The van der Waals surface area contributed by atoms with E-state index >= 15 is 0 Å². The number of carbonyl (C=O) groups is 2. The van der Waals surface area contributed by atoms with Crippen LogP contribution in [-0.4, -0.2) is 39.4 Å². The highest BCUT2D eigenvalue weighted by molar-refractivity contribution is 6.00. The number of fused-ring (bicyclic) bond motifs is 1. The summed E-state index contributed by atoms with van der Waals surface area (Å²) in [5.74, 6) is 1.95. The molecule has 2 aliphatic rings. The Hall–Kier alpha value is -4.20. The molecule has 5 rings (SSSR count). The Morgan fingerprint density at radius 3 is 2.11 bits per heavy atom. The molecule has 8 heteroatoms. The van der Waals surface area contributed by atoms with E-state index in [-0.39, 0.29) is 25.0 Å². The second kappa shape index (κ2) is 9.58. The topological polar surface area (TPSA) is 86.3 Å². The molecule has 180 valence electrons. The quantitative estimate of drug-likeness (QED) is 0.562. The van der Waals surface area contributed by atoms with E-state index in [1.807, 2.05) is 54.6 Å². The molecule has 1 atom stereocenters. The number of methoxy groups -OCH3 is 2. The molecule has 8 nitrogen and oxygen atoms in total. The van der Waals surface area contributed by atoms with Gasteiger partial charge in [-0.15, -0.1) is 0 Å². The molecule has 1 unspecified atom stereocenters. The van der Waals surface area contributed by atoms with Crippen molar-refractivity contribution in [1.82, 2.24) is 5.32 Å². The van der Waals surface area contributed by atoms with E-state index in [4.69, 9.17) is 18.9 Å².